The maximum absolute atomic E-state index is 14.2. The summed E-state index contributed by atoms with van der Waals surface area (Å²) in [4.78, 5) is 28.9. The zero-order chi connectivity index (χ0) is 31.1. The van der Waals surface area contributed by atoms with Crippen LogP contribution in [0.1, 0.15) is 45.1 Å². The molecule has 3 aromatic rings. The number of carbonyl (C=O) groups is 2. The second-order valence-electron chi connectivity index (χ2n) is 10.3. The molecule has 4 rings (SSSR count). The minimum absolute atomic E-state index is 0.00306. The third-order valence-corrected chi connectivity index (χ3v) is 10.1. The molecule has 0 aliphatic heterocycles. The average molecular weight is 667 g/mol. The highest BCUT2D eigenvalue weighted by molar-refractivity contribution is 7.92. The van der Waals surface area contributed by atoms with Crippen molar-refractivity contribution in [3.8, 4) is 5.75 Å². The molecule has 230 valence electrons. The number of anilines is 1. The van der Waals surface area contributed by atoms with E-state index in [9.17, 15) is 18.0 Å². The molecule has 0 aromatic heterocycles. The summed E-state index contributed by atoms with van der Waals surface area (Å²) < 4.78 is 34.9. The number of hydrogen-bond donors (Lipinski definition) is 1. The van der Waals surface area contributed by atoms with E-state index in [-0.39, 0.29) is 35.7 Å². The van der Waals surface area contributed by atoms with Gasteiger partial charge in [-0.1, -0.05) is 65.8 Å². The molecule has 1 aliphatic rings. The molecule has 1 aliphatic carbocycles. The van der Waals surface area contributed by atoms with Crippen LogP contribution in [0.3, 0.4) is 0 Å². The first-order valence-electron chi connectivity index (χ1n) is 14.0. The molecule has 0 spiro atoms. The molecule has 0 saturated heterocycles. The first-order valence-corrected chi connectivity index (χ1v) is 16.6. The van der Waals surface area contributed by atoms with Gasteiger partial charge >= 0.3 is 0 Å². The van der Waals surface area contributed by atoms with E-state index in [2.05, 4.69) is 5.32 Å². The lowest BCUT2D eigenvalue weighted by molar-refractivity contribution is -0.139. The standard InChI is InChI=1S/C31H34Cl3N3O5S/c1-3-42-29-11-7-6-10-28(29)37(43(40,41)25-15-13-23(32)14-16-25)20-30(38)36(19-22-12-17-26(33)27(34)18-22)21(2)31(39)35-24-8-4-5-9-24/h6-7,10-18,21,24H,3-5,8-9,19-20H2,1-2H3,(H,35,39)/t21-/m0/s1. The number of nitrogens with zero attached hydrogens (tertiary/aromatic N) is 2. The van der Waals surface area contributed by atoms with Gasteiger partial charge in [-0.25, -0.2) is 8.42 Å². The molecule has 0 heterocycles. The van der Waals surface area contributed by atoms with E-state index < -0.39 is 28.5 Å². The summed E-state index contributed by atoms with van der Waals surface area (Å²) in [6.07, 6.45) is 3.81. The molecule has 3 aromatic carbocycles. The second kappa shape index (κ2) is 14.7. The summed E-state index contributed by atoms with van der Waals surface area (Å²) in [6.45, 7) is 3.09. The summed E-state index contributed by atoms with van der Waals surface area (Å²) in [5.41, 5.74) is 0.815. The van der Waals surface area contributed by atoms with Crippen LogP contribution in [0.4, 0.5) is 5.69 Å². The highest BCUT2D eigenvalue weighted by Crippen LogP contribution is 2.33. The van der Waals surface area contributed by atoms with Crippen LogP contribution in [0.2, 0.25) is 15.1 Å². The third-order valence-electron chi connectivity index (χ3n) is 7.32. The Balaban J connectivity index is 1.73. The highest BCUT2D eigenvalue weighted by Gasteiger charge is 2.34. The Labute approximate surface area is 267 Å². The molecular formula is C31H34Cl3N3O5S. The Morgan fingerprint density at radius 3 is 2.30 bits per heavy atom. The van der Waals surface area contributed by atoms with Crippen molar-refractivity contribution in [2.24, 2.45) is 0 Å². The Kier molecular flexibility index (Phi) is 11.2. The van der Waals surface area contributed by atoms with Gasteiger partial charge in [0.1, 0.15) is 18.3 Å². The van der Waals surface area contributed by atoms with Crippen molar-refractivity contribution in [3.05, 3.63) is 87.4 Å². The number of hydrogen-bond acceptors (Lipinski definition) is 5. The zero-order valence-electron chi connectivity index (χ0n) is 23.9. The molecular weight excluding hydrogens is 633 g/mol. The molecule has 2 amide bonds. The van der Waals surface area contributed by atoms with E-state index in [4.69, 9.17) is 39.5 Å². The van der Waals surface area contributed by atoms with Crippen LogP contribution in [0.15, 0.2) is 71.6 Å². The van der Waals surface area contributed by atoms with E-state index in [1.807, 2.05) is 0 Å². The monoisotopic (exact) mass is 665 g/mol. The van der Waals surface area contributed by atoms with Gasteiger partial charge in [0, 0.05) is 17.6 Å². The molecule has 0 unspecified atom stereocenters. The number of benzene rings is 3. The minimum atomic E-state index is -4.28. The molecule has 1 fully saturated rings. The highest BCUT2D eigenvalue weighted by atomic mass is 35.5. The number of halogens is 3. The summed E-state index contributed by atoms with van der Waals surface area (Å²) in [6, 6.07) is 16.4. The van der Waals surface area contributed by atoms with Crippen molar-refractivity contribution >= 4 is 62.3 Å². The first-order chi connectivity index (χ1) is 20.5. The predicted molar refractivity (Wildman–Crippen MR) is 170 cm³/mol. The van der Waals surface area contributed by atoms with Gasteiger partial charge in [0.2, 0.25) is 11.8 Å². The first kappa shape index (κ1) is 32.9. The zero-order valence-corrected chi connectivity index (χ0v) is 27.0. The molecule has 1 saturated carbocycles. The number of ether oxygens (including phenoxy) is 1. The van der Waals surface area contributed by atoms with Gasteiger partial charge in [0.25, 0.3) is 10.0 Å². The fourth-order valence-electron chi connectivity index (χ4n) is 5.00. The Hall–Kier alpha value is -2.98. The summed E-state index contributed by atoms with van der Waals surface area (Å²) in [7, 11) is -4.28. The molecule has 43 heavy (non-hydrogen) atoms. The Bertz CT molecular complexity index is 1550. The molecule has 1 N–H and O–H groups in total. The number of sulfonamides is 1. The smallest absolute Gasteiger partial charge is 0.264 e. The number of amides is 2. The van der Waals surface area contributed by atoms with Crippen molar-refractivity contribution < 1.29 is 22.7 Å². The van der Waals surface area contributed by atoms with Crippen LogP contribution in [-0.2, 0) is 26.2 Å². The largest absolute Gasteiger partial charge is 0.492 e. The fraction of sp³-hybridized carbons (Fsp3) is 0.355. The van der Waals surface area contributed by atoms with Gasteiger partial charge in [-0.2, -0.15) is 0 Å². The van der Waals surface area contributed by atoms with Gasteiger partial charge < -0.3 is 15.0 Å². The fourth-order valence-corrected chi connectivity index (χ4v) is 6.87. The lowest BCUT2D eigenvalue weighted by atomic mass is 10.1. The quantitative estimate of drug-likeness (QED) is 0.232. The van der Waals surface area contributed by atoms with Crippen LogP contribution in [0.25, 0.3) is 0 Å². The maximum atomic E-state index is 14.2. The van der Waals surface area contributed by atoms with E-state index >= 15 is 0 Å². The molecule has 8 nitrogen and oxygen atoms in total. The SMILES string of the molecule is CCOc1ccccc1N(CC(=O)N(Cc1ccc(Cl)c(Cl)c1)[C@@H](C)C(=O)NC1CCCC1)S(=O)(=O)c1ccc(Cl)cc1. The van der Waals surface area contributed by atoms with Crippen molar-refractivity contribution in [2.75, 3.05) is 17.5 Å². The van der Waals surface area contributed by atoms with Crippen LogP contribution in [-0.4, -0.2) is 50.4 Å². The van der Waals surface area contributed by atoms with Crippen LogP contribution in [0, 0.1) is 0 Å². The lowest BCUT2D eigenvalue weighted by Crippen LogP contribution is -2.52. The van der Waals surface area contributed by atoms with E-state index in [0.29, 0.717) is 26.4 Å². The molecule has 0 bridgehead atoms. The van der Waals surface area contributed by atoms with Gasteiger partial charge in [-0.3, -0.25) is 13.9 Å². The van der Waals surface area contributed by atoms with E-state index in [1.54, 1.807) is 56.3 Å². The molecule has 1 atom stereocenters. The number of rotatable bonds is 12. The van der Waals surface area contributed by atoms with Gasteiger partial charge in [-0.15, -0.1) is 0 Å². The number of carbonyl (C=O) groups excluding carboxylic acids is 2. The van der Waals surface area contributed by atoms with Gasteiger partial charge in [0.15, 0.2) is 0 Å². The second-order valence-corrected chi connectivity index (χ2v) is 13.4. The molecule has 12 heteroatoms. The number of nitrogens with one attached hydrogen (secondary N) is 1. The average Bonchev–Trinajstić information content (AvgIpc) is 3.50. The summed E-state index contributed by atoms with van der Waals surface area (Å²) in [5.74, 6) is -0.621. The van der Waals surface area contributed by atoms with Crippen molar-refractivity contribution in [3.63, 3.8) is 0 Å². The lowest BCUT2D eigenvalue weighted by Gasteiger charge is -2.33. The van der Waals surface area contributed by atoms with Gasteiger partial charge in [0.05, 0.1) is 27.2 Å². The van der Waals surface area contributed by atoms with Crippen molar-refractivity contribution in [2.45, 2.75) is 63.1 Å². The van der Waals surface area contributed by atoms with Crippen LogP contribution in [0.5, 0.6) is 5.75 Å². The van der Waals surface area contributed by atoms with E-state index in [0.717, 1.165) is 30.0 Å². The summed E-state index contributed by atoms with van der Waals surface area (Å²) in [5, 5.41) is 4.06. The van der Waals surface area contributed by atoms with Gasteiger partial charge in [-0.05, 0) is 80.8 Å². The van der Waals surface area contributed by atoms with Crippen molar-refractivity contribution in [1.82, 2.24) is 10.2 Å². The Morgan fingerprint density at radius 2 is 1.65 bits per heavy atom. The Morgan fingerprint density at radius 1 is 0.977 bits per heavy atom. The maximum Gasteiger partial charge on any atom is 0.264 e. The normalized spacial score (nSPS) is 14.3. The van der Waals surface area contributed by atoms with Crippen LogP contribution >= 0.6 is 34.8 Å². The molecule has 0 radical (unpaired) electrons. The van der Waals surface area contributed by atoms with Crippen molar-refractivity contribution in [1.29, 1.82) is 0 Å². The third kappa shape index (κ3) is 8.15. The summed E-state index contributed by atoms with van der Waals surface area (Å²) >= 11 is 18.4. The predicted octanol–water partition coefficient (Wildman–Crippen LogP) is 6.72. The number of para-hydroxylation sites is 2. The minimum Gasteiger partial charge on any atom is -0.492 e. The topological polar surface area (TPSA) is 96.0 Å². The van der Waals surface area contributed by atoms with Crippen LogP contribution < -0.4 is 14.4 Å². The van der Waals surface area contributed by atoms with E-state index in [1.165, 1.54) is 29.2 Å².